The van der Waals surface area contributed by atoms with Gasteiger partial charge in [0.1, 0.15) is 12.1 Å². The van der Waals surface area contributed by atoms with Crippen molar-refractivity contribution in [2.75, 3.05) is 26.1 Å². The molecule has 11 heteroatoms. The first-order valence-electron chi connectivity index (χ1n) is 7.62. The number of H-pyrrole nitrogens is 1. The molecule has 0 aliphatic heterocycles. The lowest BCUT2D eigenvalue weighted by Gasteiger charge is -2.06. The van der Waals surface area contributed by atoms with E-state index in [1.54, 1.807) is 31.4 Å². The van der Waals surface area contributed by atoms with Crippen LogP contribution >= 0.6 is 8.03 Å². The van der Waals surface area contributed by atoms with E-state index in [4.69, 9.17) is 15.2 Å². The number of aromatic nitrogens is 4. The van der Waals surface area contributed by atoms with Gasteiger partial charge in [0.05, 0.1) is 13.2 Å². The van der Waals surface area contributed by atoms with E-state index in [2.05, 4.69) is 15.0 Å². The Labute approximate surface area is 148 Å². The molecule has 3 aromatic rings. The van der Waals surface area contributed by atoms with E-state index in [1.807, 2.05) is 0 Å². The Morgan fingerprint density at radius 2 is 2.15 bits per heavy atom. The number of aromatic amines is 1. The van der Waals surface area contributed by atoms with E-state index in [1.165, 1.54) is 4.57 Å². The first kappa shape index (κ1) is 18.0. The summed E-state index contributed by atoms with van der Waals surface area (Å²) < 4.78 is 22.9. The van der Waals surface area contributed by atoms with Crippen LogP contribution in [-0.2, 0) is 15.8 Å². The monoisotopic (exact) mass is 378 g/mol. The average Bonchev–Trinajstić information content (AvgIpc) is 2.92. The molecule has 136 valence electrons. The van der Waals surface area contributed by atoms with Crippen molar-refractivity contribution in [2.45, 2.75) is 6.54 Å². The predicted molar refractivity (Wildman–Crippen MR) is 94.9 cm³/mol. The Kier molecular flexibility index (Phi) is 5.27. The van der Waals surface area contributed by atoms with Gasteiger partial charge in [-0.15, -0.1) is 0 Å². The molecule has 4 N–H and O–H groups in total. The fourth-order valence-corrected chi connectivity index (χ4v) is 2.90. The number of anilines is 1. The zero-order valence-electron chi connectivity index (χ0n) is 13.9. The molecule has 0 aliphatic carbocycles. The number of benzene rings is 1. The number of rotatable bonds is 7. The molecule has 0 fully saturated rings. The second-order valence-electron chi connectivity index (χ2n) is 5.39. The normalized spacial score (nSPS) is 11.7. The summed E-state index contributed by atoms with van der Waals surface area (Å²) in [4.78, 5) is 32.4. The number of methoxy groups -OCH3 is 1. The lowest BCUT2D eigenvalue weighted by molar-refractivity contribution is 0.141. The van der Waals surface area contributed by atoms with Crippen LogP contribution in [0.2, 0.25) is 0 Å². The summed E-state index contributed by atoms with van der Waals surface area (Å²) in [6, 6.07) is 6.53. The molecular weight excluding hydrogens is 361 g/mol. The number of nitrogens with zero attached hydrogens (tertiary/aromatic N) is 3. The Morgan fingerprint density at radius 3 is 2.88 bits per heavy atom. The van der Waals surface area contributed by atoms with Gasteiger partial charge in [0.25, 0.3) is 0 Å². The van der Waals surface area contributed by atoms with E-state index >= 15 is 0 Å². The predicted octanol–water partition coefficient (Wildman–Crippen LogP) is 0.135. The molecular formula is C15H17N5O5P+. The molecule has 0 saturated heterocycles. The minimum Gasteiger partial charge on any atom is -0.461 e. The number of imidazole rings is 1. The molecule has 0 amide bonds. The Hall–Kier alpha value is -2.81. The topological polar surface area (TPSA) is 145 Å². The van der Waals surface area contributed by atoms with Gasteiger partial charge in [-0.1, -0.05) is 12.1 Å². The van der Waals surface area contributed by atoms with Crippen molar-refractivity contribution in [3.63, 3.8) is 0 Å². The van der Waals surface area contributed by atoms with Crippen LogP contribution in [0.4, 0.5) is 5.82 Å². The van der Waals surface area contributed by atoms with Crippen LogP contribution in [0.15, 0.2) is 29.1 Å². The molecule has 0 aliphatic rings. The number of hydrogen-bond donors (Lipinski definition) is 3. The van der Waals surface area contributed by atoms with Crippen molar-refractivity contribution < 1.29 is 18.9 Å². The van der Waals surface area contributed by atoms with Gasteiger partial charge in [0.2, 0.25) is 5.30 Å². The third-order valence-electron chi connectivity index (χ3n) is 3.62. The molecule has 0 radical (unpaired) electrons. The number of nitrogen functional groups attached to an aromatic ring is 1. The summed E-state index contributed by atoms with van der Waals surface area (Å²) in [6.07, 6.45) is 0. The summed E-state index contributed by atoms with van der Waals surface area (Å²) in [6.45, 7) is 0.735. The van der Waals surface area contributed by atoms with Gasteiger partial charge in [-0.2, -0.15) is 14.9 Å². The number of ether oxygens (including phenoxy) is 2. The second kappa shape index (κ2) is 7.61. The van der Waals surface area contributed by atoms with Crippen molar-refractivity contribution in [3.05, 3.63) is 40.3 Å². The third-order valence-corrected chi connectivity index (χ3v) is 4.34. The molecule has 2 aromatic heterocycles. The first-order valence-corrected chi connectivity index (χ1v) is 8.83. The first-order chi connectivity index (χ1) is 12.5. The molecule has 26 heavy (non-hydrogen) atoms. The molecule has 1 atom stereocenters. The largest absolute Gasteiger partial charge is 0.546 e. The Morgan fingerprint density at radius 1 is 1.35 bits per heavy atom. The highest BCUT2D eigenvalue weighted by atomic mass is 31.1. The lowest BCUT2D eigenvalue weighted by atomic mass is 10.2. The van der Waals surface area contributed by atoms with Crippen molar-refractivity contribution >= 4 is 30.3 Å². The molecule has 3 rings (SSSR count). The third kappa shape index (κ3) is 3.72. The van der Waals surface area contributed by atoms with Crippen molar-refractivity contribution in [1.82, 2.24) is 19.5 Å². The van der Waals surface area contributed by atoms with Crippen LogP contribution in [0.1, 0.15) is 5.56 Å². The van der Waals surface area contributed by atoms with Crippen LogP contribution in [-0.4, -0.2) is 44.7 Å². The summed E-state index contributed by atoms with van der Waals surface area (Å²) >= 11 is 0. The average molecular weight is 378 g/mol. The maximum Gasteiger partial charge on any atom is 0.546 e. The maximum atomic E-state index is 12.3. The SMILES string of the molecule is COCCOc1nc(N)c2[nH]c(=O)n(Cc3cccc([P+](=O)O)c3)c2n1. The van der Waals surface area contributed by atoms with Crippen LogP contribution in [0.5, 0.6) is 6.01 Å². The highest BCUT2D eigenvalue weighted by Crippen LogP contribution is 2.19. The highest BCUT2D eigenvalue weighted by molar-refractivity contribution is 7.47. The molecule has 0 bridgehead atoms. The van der Waals surface area contributed by atoms with Crippen molar-refractivity contribution in [2.24, 2.45) is 0 Å². The van der Waals surface area contributed by atoms with Crippen LogP contribution in [0.3, 0.4) is 0 Å². The summed E-state index contributed by atoms with van der Waals surface area (Å²) in [7, 11) is -0.917. The molecule has 1 aromatic carbocycles. The quantitative estimate of drug-likeness (QED) is 0.389. The van der Waals surface area contributed by atoms with E-state index in [9.17, 15) is 14.3 Å². The number of fused-ring (bicyclic) bond motifs is 1. The van der Waals surface area contributed by atoms with Gasteiger partial charge in [-0.25, -0.2) is 4.79 Å². The standard InChI is InChI=1S/C15H16N5O5P/c1-24-5-6-25-14-18-12(16)11-13(19-14)20(15(21)17-11)8-9-3-2-4-10(7-9)26(22)23/h2-4,7H,5-6,8H2,1H3,(H3-,16,17,18,19,21,22,23)/p+1. The minimum absolute atomic E-state index is 0.0342. The van der Waals surface area contributed by atoms with Gasteiger partial charge >= 0.3 is 19.7 Å². The summed E-state index contributed by atoms with van der Waals surface area (Å²) in [5.41, 5.74) is 6.72. The summed E-state index contributed by atoms with van der Waals surface area (Å²) in [5.74, 6) is 0.0884. The van der Waals surface area contributed by atoms with Crippen LogP contribution in [0.25, 0.3) is 11.2 Å². The zero-order valence-corrected chi connectivity index (χ0v) is 14.8. The smallest absolute Gasteiger partial charge is 0.461 e. The van der Waals surface area contributed by atoms with E-state index in [0.717, 1.165) is 0 Å². The van der Waals surface area contributed by atoms with Gasteiger partial charge < -0.3 is 20.2 Å². The summed E-state index contributed by atoms with van der Waals surface area (Å²) in [5, 5.41) is 0.281. The number of hydrogen-bond acceptors (Lipinski definition) is 7. The van der Waals surface area contributed by atoms with E-state index in [0.29, 0.717) is 17.7 Å². The van der Waals surface area contributed by atoms with Gasteiger partial charge in [0.15, 0.2) is 11.5 Å². The number of nitrogens with one attached hydrogen (secondary N) is 1. The van der Waals surface area contributed by atoms with Crippen LogP contribution in [0, 0.1) is 0 Å². The molecule has 0 saturated carbocycles. The van der Waals surface area contributed by atoms with E-state index < -0.39 is 13.7 Å². The van der Waals surface area contributed by atoms with Crippen molar-refractivity contribution in [1.29, 1.82) is 0 Å². The lowest BCUT2D eigenvalue weighted by Crippen LogP contribution is -2.18. The van der Waals surface area contributed by atoms with E-state index in [-0.39, 0.29) is 35.9 Å². The van der Waals surface area contributed by atoms with Gasteiger partial charge in [0, 0.05) is 7.11 Å². The highest BCUT2D eigenvalue weighted by Gasteiger charge is 2.18. The second-order valence-corrected chi connectivity index (χ2v) is 6.45. The molecule has 2 heterocycles. The van der Waals surface area contributed by atoms with Crippen molar-refractivity contribution in [3.8, 4) is 6.01 Å². The zero-order chi connectivity index (χ0) is 18.7. The maximum absolute atomic E-state index is 12.3. The Balaban J connectivity index is 1.99. The molecule has 0 spiro atoms. The molecule has 10 nitrogen and oxygen atoms in total. The molecule has 1 unspecified atom stereocenters. The van der Waals surface area contributed by atoms with Crippen LogP contribution < -0.4 is 21.5 Å². The van der Waals surface area contributed by atoms with Gasteiger partial charge in [-0.05, 0) is 22.3 Å². The number of nitrogens with two attached hydrogens (primary N) is 1. The minimum atomic E-state index is -2.46. The fraction of sp³-hybridized carbons (Fsp3) is 0.267. The van der Waals surface area contributed by atoms with Gasteiger partial charge in [-0.3, -0.25) is 4.57 Å². The Bertz CT molecular complexity index is 1020. The fourth-order valence-electron chi connectivity index (χ4n) is 2.41.